The molecule has 0 atom stereocenters. The van der Waals surface area contributed by atoms with Crippen LogP contribution in [0.4, 0.5) is 5.69 Å². The number of aliphatic carboxylic acids is 1. The van der Waals surface area contributed by atoms with Crippen molar-refractivity contribution in [3.05, 3.63) is 12.4 Å². The molecule has 0 spiro atoms. The molecule has 84 valence electrons. The monoisotopic (exact) mass is 233 g/mol. The summed E-state index contributed by atoms with van der Waals surface area (Å²) in [6, 6.07) is 0. The van der Waals surface area contributed by atoms with Gasteiger partial charge in [-0.1, -0.05) is 0 Å². The largest absolute Gasteiger partial charge is 0.480 e. The molecule has 15 heavy (non-hydrogen) atoms. The summed E-state index contributed by atoms with van der Waals surface area (Å²) < 4.78 is 26.0. The summed E-state index contributed by atoms with van der Waals surface area (Å²) in [7, 11) is -3.83. The summed E-state index contributed by atoms with van der Waals surface area (Å²) in [5, 5.41) is 12.2. The highest BCUT2D eigenvalue weighted by Gasteiger charge is 2.15. The number of carboxylic acids is 1. The molecule has 1 aromatic rings. The van der Waals surface area contributed by atoms with Gasteiger partial charge in [0, 0.05) is 12.7 Å². The number of rotatable bonds is 5. The fourth-order valence-corrected chi connectivity index (χ4v) is 1.83. The first kappa shape index (κ1) is 11.5. The van der Waals surface area contributed by atoms with Crippen LogP contribution in [0.1, 0.15) is 6.92 Å². The molecule has 0 aliphatic heterocycles. The number of hydrogen-bond donors (Lipinski definition) is 2. The highest BCUT2D eigenvalue weighted by molar-refractivity contribution is 7.93. The van der Waals surface area contributed by atoms with Gasteiger partial charge >= 0.3 is 5.97 Å². The van der Waals surface area contributed by atoms with Gasteiger partial charge in [-0.2, -0.15) is 5.10 Å². The van der Waals surface area contributed by atoms with Gasteiger partial charge in [-0.15, -0.1) is 0 Å². The zero-order valence-electron chi connectivity index (χ0n) is 8.04. The minimum atomic E-state index is -3.83. The summed E-state index contributed by atoms with van der Waals surface area (Å²) in [4.78, 5) is 10.2. The van der Waals surface area contributed by atoms with E-state index in [-0.39, 0.29) is 5.69 Å². The third-order valence-corrected chi connectivity index (χ3v) is 2.72. The van der Waals surface area contributed by atoms with Gasteiger partial charge in [-0.25, -0.2) is 8.42 Å². The van der Waals surface area contributed by atoms with Crippen LogP contribution in [-0.4, -0.2) is 35.0 Å². The third-order valence-electron chi connectivity index (χ3n) is 1.54. The van der Waals surface area contributed by atoms with Gasteiger partial charge in [0.15, 0.2) is 5.75 Å². The van der Waals surface area contributed by atoms with Crippen molar-refractivity contribution < 1.29 is 18.3 Å². The molecule has 1 heterocycles. The topological polar surface area (TPSA) is 101 Å². The molecule has 1 rings (SSSR count). The highest BCUT2D eigenvalue weighted by Crippen LogP contribution is 2.07. The second kappa shape index (κ2) is 4.30. The van der Waals surface area contributed by atoms with Gasteiger partial charge in [-0.3, -0.25) is 14.2 Å². The molecule has 0 bridgehead atoms. The molecular formula is C7H11N3O4S. The van der Waals surface area contributed by atoms with E-state index in [0.29, 0.717) is 6.54 Å². The van der Waals surface area contributed by atoms with Crippen LogP contribution >= 0.6 is 0 Å². The average molecular weight is 233 g/mol. The molecule has 0 aliphatic rings. The number of aromatic nitrogens is 2. The summed E-state index contributed by atoms with van der Waals surface area (Å²) >= 11 is 0. The van der Waals surface area contributed by atoms with Gasteiger partial charge in [0.1, 0.15) is 0 Å². The van der Waals surface area contributed by atoms with E-state index < -0.39 is 21.7 Å². The van der Waals surface area contributed by atoms with Crippen molar-refractivity contribution in [3.63, 3.8) is 0 Å². The van der Waals surface area contributed by atoms with Crippen LogP contribution in [-0.2, 0) is 21.4 Å². The van der Waals surface area contributed by atoms with Crippen molar-refractivity contribution in [2.45, 2.75) is 13.5 Å². The molecule has 8 heteroatoms. The number of carboxylic acid groups (broad SMARTS) is 1. The second-order valence-corrected chi connectivity index (χ2v) is 4.56. The molecule has 0 unspecified atom stereocenters. The molecule has 0 radical (unpaired) electrons. The Morgan fingerprint density at radius 1 is 1.67 bits per heavy atom. The van der Waals surface area contributed by atoms with Crippen LogP contribution < -0.4 is 4.72 Å². The summed E-state index contributed by atoms with van der Waals surface area (Å²) in [6.45, 7) is 2.46. The number of aryl methyl sites for hydroxylation is 1. The Morgan fingerprint density at radius 3 is 2.80 bits per heavy atom. The molecule has 0 aromatic carbocycles. The molecule has 0 saturated carbocycles. The van der Waals surface area contributed by atoms with E-state index in [1.807, 2.05) is 6.92 Å². The lowest BCUT2D eigenvalue weighted by molar-refractivity contribution is -0.134. The summed E-state index contributed by atoms with van der Waals surface area (Å²) in [5.41, 5.74) is 0.262. The van der Waals surface area contributed by atoms with Gasteiger partial charge in [-0.05, 0) is 6.92 Å². The smallest absolute Gasteiger partial charge is 0.320 e. The van der Waals surface area contributed by atoms with E-state index in [4.69, 9.17) is 5.11 Å². The Kier molecular flexibility index (Phi) is 3.30. The number of hydrogen-bond acceptors (Lipinski definition) is 4. The van der Waals surface area contributed by atoms with Crippen molar-refractivity contribution in [2.75, 3.05) is 10.5 Å². The Labute approximate surface area is 86.8 Å². The lowest BCUT2D eigenvalue weighted by Crippen LogP contribution is -2.22. The van der Waals surface area contributed by atoms with Crippen LogP contribution in [0.15, 0.2) is 12.4 Å². The van der Waals surface area contributed by atoms with Crippen molar-refractivity contribution in [1.82, 2.24) is 9.78 Å². The SMILES string of the molecule is CCn1cc(NS(=O)(=O)CC(=O)O)cn1. The maximum Gasteiger partial charge on any atom is 0.320 e. The summed E-state index contributed by atoms with van der Waals surface area (Å²) in [6.07, 6.45) is 2.81. The predicted molar refractivity (Wildman–Crippen MR) is 52.9 cm³/mol. The van der Waals surface area contributed by atoms with Crippen LogP contribution in [0.3, 0.4) is 0 Å². The first-order chi connectivity index (χ1) is 6.93. The van der Waals surface area contributed by atoms with Crippen molar-refractivity contribution in [1.29, 1.82) is 0 Å². The average Bonchev–Trinajstić information content (AvgIpc) is 2.48. The fraction of sp³-hybridized carbons (Fsp3) is 0.429. The number of anilines is 1. The maximum atomic E-state index is 11.2. The van der Waals surface area contributed by atoms with Gasteiger partial charge in [0.25, 0.3) is 0 Å². The van der Waals surface area contributed by atoms with Crippen molar-refractivity contribution in [2.24, 2.45) is 0 Å². The molecule has 0 fully saturated rings. The van der Waals surface area contributed by atoms with E-state index in [1.54, 1.807) is 0 Å². The number of nitrogens with zero attached hydrogens (tertiary/aromatic N) is 2. The van der Waals surface area contributed by atoms with Crippen LogP contribution in [0, 0.1) is 0 Å². The lowest BCUT2D eigenvalue weighted by Gasteiger charge is -2.01. The first-order valence-corrected chi connectivity index (χ1v) is 5.83. The van der Waals surface area contributed by atoms with Crippen molar-refractivity contribution in [3.8, 4) is 0 Å². The van der Waals surface area contributed by atoms with Crippen LogP contribution in [0.2, 0.25) is 0 Å². The van der Waals surface area contributed by atoms with E-state index in [2.05, 4.69) is 9.82 Å². The Balaban J connectivity index is 2.73. The normalized spacial score (nSPS) is 11.3. The zero-order valence-corrected chi connectivity index (χ0v) is 8.86. The quantitative estimate of drug-likeness (QED) is 0.729. The van der Waals surface area contributed by atoms with E-state index in [9.17, 15) is 13.2 Å². The lowest BCUT2D eigenvalue weighted by atomic mass is 10.6. The Morgan fingerprint density at radius 2 is 2.33 bits per heavy atom. The number of sulfonamides is 1. The third kappa shape index (κ3) is 3.58. The Bertz CT molecular complexity index is 451. The minimum absolute atomic E-state index is 0.262. The van der Waals surface area contributed by atoms with Gasteiger partial charge in [0.2, 0.25) is 10.0 Å². The van der Waals surface area contributed by atoms with Gasteiger partial charge in [0.05, 0.1) is 11.9 Å². The zero-order chi connectivity index (χ0) is 11.5. The van der Waals surface area contributed by atoms with E-state index >= 15 is 0 Å². The fourth-order valence-electron chi connectivity index (χ4n) is 0.967. The molecular weight excluding hydrogens is 222 g/mol. The maximum absolute atomic E-state index is 11.2. The summed E-state index contributed by atoms with van der Waals surface area (Å²) in [5.74, 6) is -2.35. The van der Waals surface area contributed by atoms with Crippen LogP contribution in [0.25, 0.3) is 0 Å². The molecule has 0 saturated heterocycles. The molecule has 7 nitrogen and oxygen atoms in total. The molecule has 1 aromatic heterocycles. The molecule has 2 N–H and O–H groups in total. The van der Waals surface area contributed by atoms with Crippen LogP contribution in [0.5, 0.6) is 0 Å². The Hall–Kier alpha value is -1.57. The number of carbonyl (C=O) groups is 1. The first-order valence-electron chi connectivity index (χ1n) is 4.17. The van der Waals surface area contributed by atoms with Gasteiger partial charge < -0.3 is 5.11 Å². The number of nitrogens with one attached hydrogen (secondary N) is 1. The standard InChI is InChI=1S/C7H11N3O4S/c1-2-10-4-6(3-8-10)9-15(13,14)5-7(11)12/h3-4,9H,2,5H2,1H3,(H,11,12). The molecule has 0 amide bonds. The van der Waals surface area contributed by atoms with Crippen molar-refractivity contribution >= 4 is 21.7 Å². The predicted octanol–water partition coefficient (Wildman–Crippen LogP) is -0.271. The second-order valence-electron chi connectivity index (χ2n) is 2.84. The molecule has 0 aliphatic carbocycles. The highest BCUT2D eigenvalue weighted by atomic mass is 32.2. The van der Waals surface area contributed by atoms with E-state index in [0.717, 1.165) is 0 Å². The minimum Gasteiger partial charge on any atom is -0.480 e. The van der Waals surface area contributed by atoms with E-state index in [1.165, 1.54) is 17.1 Å².